The average molecular weight is 255 g/mol. The van der Waals surface area contributed by atoms with E-state index in [4.69, 9.17) is 11.6 Å². The lowest BCUT2D eigenvalue weighted by Crippen LogP contribution is -1.83. The zero-order chi connectivity index (χ0) is 13.1. The molecule has 0 nitrogen and oxygen atoms in total. The van der Waals surface area contributed by atoms with E-state index in [2.05, 4.69) is 45.9 Å². The van der Waals surface area contributed by atoms with Crippen molar-refractivity contribution in [3.63, 3.8) is 0 Å². The minimum Gasteiger partial charge on any atom is -0.122 e. The normalized spacial score (nSPS) is 12.8. The molecule has 0 N–H and O–H groups in total. The highest BCUT2D eigenvalue weighted by Gasteiger charge is 1.94. The topological polar surface area (TPSA) is 0 Å². The first-order valence-corrected chi connectivity index (χ1v) is 7.16. The van der Waals surface area contributed by atoms with Gasteiger partial charge >= 0.3 is 0 Å². The Balaban J connectivity index is 3.91. The zero-order valence-electron chi connectivity index (χ0n) is 11.9. The van der Waals surface area contributed by atoms with Crippen molar-refractivity contribution < 1.29 is 0 Å². The van der Waals surface area contributed by atoms with Gasteiger partial charge in [-0.05, 0) is 52.9 Å². The van der Waals surface area contributed by atoms with E-state index in [-0.39, 0.29) is 0 Å². The van der Waals surface area contributed by atoms with Gasteiger partial charge in [-0.25, -0.2) is 0 Å². The number of rotatable bonds is 8. The van der Waals surface area contributed by atoms with Crippen LogP contribution < -0.4 is 0 Å². The monoisotopic (exact) mass is 254 g/mol. The van der Waals surface area contributed by atoms with Crippen LogP contribution in [0.3, 0.4) is 0 Å². The third kappa shape index (κ3) is 10.4. The van der Waals surface area contributed by atoms with E-state index < -0.39 is 0 Å². The molecule has 0 aromatic carbocycles. The Morgan fingerprint density at radius 3 is 2.12 bits per heavy atom. The first-order valence-electron chi connectivity index (χ1n) is 6.63. The Morgan fingerprint density at radius 1 is 0.941 bits per heavy atom. The molecular formula is C16H27Cl. The van der Waals surface area contributed by atoms with Gasteiger partial charge in [0.25, 0.3) is 0 Å². The van der Waals surface area contributed by atoms with Gasteiger partial charge in [-0.3, -0.25) is 0 Å². The quantitative estimate of drug-likeness (QED) is 0.366. The fourth-order valence-electron chi connectivity index (χ4n) is 1.73. The van der Waals surface area contributed by atoms with Crippen LogP contribution in [0.2, 0.25) is 0 Å². The maximum Gasteiger partial charge on any atom is 0.0406 e. The molecule has 0 aromatic heterocycles. The molecule has 1 heteroatoms. The molecule has 0 aliphatic rings. The molecule has 0 spiro atoms. The van der Waals surface area contributed by atoms with E-state index in [0.717, 1.165) is 19.3 Å². The first kappa shape index (κ1) is 16.5. The largest absolute Gasteiger partial charge is 0.122 e. The molecular weight excluding hydrogens is 228 g/mol. The predicted octanol–water partition coefficient (Wildman–Crippen LogP) is 6.03. The van der Waals surface area contributed by atoms with Gasteiger partial charge < -0.3 is 0 Å². The number of alkyl halides is 1. The van der Waals surface area contributed by atoms with Crippen molar-refractivity contribution in [2.75, 3.05) is 5.88 Å². The number of allylic oxidation sites excluding steroid dienone is 6. The van der Waals surface area contributed by atoms with Gasteiger partial charge in [0, 0.05) is 5.88 Å². The fraction of sp³-hybridized carbons (Fsp3) is 0.625. The van der Waals surface area contributed by atoms with Crippen LogP contribution in [0.25, 0.3) is 0 Å². The molecule has 0 fully saturated rings. The standard InChI is InChI=1S/C16H27Cl/c1-5-16(12-13-17)11-7-10-15(4)9-6-8-14(2)3/h8,10,12H,5-7,9,11,13H2,1-4H3/b15-10+,16-12+. The summed E-state index contributed by atoms with van der Waals surface area (Å²) in [5.41, 5.74) is 4.40. The maximum atomic E-state index is 5.72. The van der Waals surface area contributed by atoms with Crippen molar-refractivity contribution in [2.24, 2.45) is 0 Å². The molecule has 0 radical (unpaired) electrons. The van der Waals surface area contributed by atoms with Crippen molar-refractivity contribution in [3.05, 3.63) is 34.9 Å². The van der Waals surface area contributed by atoms with E-state index in [1.165, 1.54) is 29.6 Å². The van der Waals surface area contributed by atoms with Crippen molar-refractivity contribution in [3.8, 4) is 0 Å². The third-order valence-electron chi connectivity index (χ3n) is 2.87. The highest BCUT2D eigenvalue weighted by atomic mass is 35.5. The van der Waals surface area contributed by atoms with Gasteiger partial charge in [0.1, 0.15) is 0 Å². The average Bonchev–Trinajstić information content (AvgIpc) is 2.27. The summed E-state index contributed by atoms with van der Waals surface area (Å²) in [6.45, 7) is 8.74. The van der Waals surface area contributed by atoms with Gasteiger partial charge in [-0.15, -0.1) is 11.6 Å². The van der Waals surface area contributed by atoms with Crippen LogP contribution in [-0.4, -0.2) is 5.88 Å². The van der Waals surface area contributed by atoms with Crippen molar-refractivity contribution >= 4 is 11.6 Å². The molecule has 0 rings (SSSR count). The minimum absolute atomic E-state index is 0.645. The van der Waals surface area contributed by atoms with E-state index in [1.54, 1.807) is 0 Å². The van der Waals surface area contributed by atoms with Crippen LogP contribution in [0, 0.1) is 0 Å². The number of halogens is 1. The Morgan fingerprint density at radius 2 is 1.59 bits per heavy atom. The van der Waals surface area contributed by atoms with Crippen LogP contribution in [0.5, 0.6) is 0 Å². The summed E-state index contributed by atoms with van der Waals surface area (Å²) in [4.78, 5) is 0. The maximum absolute atomic E-state index is 5.72. The van der Waals surface area contributed by atoms with Gasteiger partial charge in [-0.1, -0.05) is 41.9 Å². The Kier molecular flexibility index (Phi) is 10.3. The number of hydrogen-bond donors (Lipinski definition) is 0. The molecule has 0 saturated heterocycles. The summed E-state index contributed by atoms with van der Waals surface area (Å²) in [6.07, 6.45) is 12.6. The zero-order valence-corrected chi connectivity index (χ0v) is 12.6. The molecule has 0 aliphatic carbocycles. The predicted molar refractivity (Wildman–Crippen MR) is 80.8 cm³/mol. The van der Waals surface area contributed by atoms with E-state index in [1.807, 2.05) is 0 Å². The molecule has 0 amide bonds. The molecule has 0 heterocycles. The lowest BCUT2D eigenvalue weighted by Gasteiger charge is -2.03. The van der Waals surface area contributed by atoms with E-state index in [0.29, 0.717) is 5.88 Å². The highest BCUT2D eigenvalue weighted by molar-refractivity contribution is 6.18. The molecule has 17 heavy (non-hydrogen) atoms. The molecule has 0 atom stereocenters. The third-order valence-corrected chi connectivity index (χ3v) is 3.02. The minimum atomic E-state index is 0.645. The van der Waals surface area contributed by atoms with Crippen molar-refractivity contribution in [1.29, 1.82) is 0 Å². The summed E-state index contributed by atoms with van der Waals surface area (Å²) >= 11 is 5.72. The van der Waals surface area contributed by atoms with Crippen LogP contribution in [-0.2, 0) is 0 Å². The SMILES string of the molecule is CC/C(=C\CCl)CC/C=C(\C)CCC=C(C)C. The van der Waals surface area contributed by atoms with Gasteiger partial charge in [0.2, 0.25) is 0 Å². The Labute approximate surface area is 112 Å². The summed E-state index contributed by atoms with van der Waals surface area (Å²) in [5.74, 6) is 0.645. The first-order chi connectivity index (χ1) is 8.10. The summed E-state index contributed by atoms with van der Waals surface area (Å²) < 4.78 is 0. The Hall–Kier alpha value is -0.490. The second-order valence-electron chi connectivity index (χ2n) is 4.78. The smallest absolute Gasteiger partial charge is 0.0406 e. The molecule has 0 unspecified atom stereocenters. The lowest BCUT2D eigenvalue weighted by molar-refractivity contribution is 0.882. The molecule has 0 aromatic rings. The fourth-order valence-corrected chi connectivity index (χ4v) is 1.95. The second kappa shape index (κ2) is 10.7. The van der Waals surface area contributed by atoms with Crippen LogP contribution >= 0.6 is 11.6 Å². The van der Waals surface area contributed by atoms with Crippen LogP contribution in [0.1, 0.15) is 59.8 Å². The summed E-state index contributed by atoms with van der Waals surface area (Å²) in [5, 5.41) is 0. The summed E-state index contributed by atoms with van der Waals surface area (Å²) in [7, 11) is 0. The summed E-state index contributed by atoms with van der Waals surface area (Å²) in [6, 6.07) is 0. The molecule has 0 saturated carbocycles. The molecule has 0 aliphatic heterocycles. The van der Waals surface area contributed by atoms with Gasteiger partial charge in [-0.2, -0.15) is 0 Å². The second-order valence-corrected chi connectivity index (χ2v) is 5.09. The van der Waals surface area contributed by atoms with E-state index in [9.17, 15) is 0 Å². The molecule has 98 valence electrons. The van der Waals surface area contributed by atoms with Crippen molar-refractivity contribution in [1.82, 2.24) is 0 Å². The van der Waals surface area contributed by atoms with Crippen LogP contribution in [0.15, 0.2) is 34.9 Å². The lowest BCUT2D eigenvalue weighted by atomic mass is 10.0. The van der Waals surface area contributed by atoms with Crippen molar-refractivity contribution in [2.45, 2.75) is 59.8 Å². The number of hydrogen-bond acceptors (Lipinski definition) is 0. The van der Waals surface area contributed by atoms with Gasteiger partial charge in [0.05, 0.1) is 0 Å². The Bertz CT molecular complexity index is 278. The molecule has 0 bridgehead atoms. The van der Waals surface area contributed by atoms with Gasteiger partial charge in [0.15, 0.2) is 0 Å². The van der Waals surface area contributed by atoms with Crippen LogP contribution in [0.4, 0.5) is 0 Å². The van der Waals surface area contributed by atoms with E-state index >= 15 is 0 Å². The highest BCUT2D eigenvalue weighted by Crippen LogP contribution is 2.13.